The molecule has 0 spiro atoms. The normalized spacial score (nSPS) is 12.4. The Labute approximate surface area is 371 Å². The van der Waals surface area contributed by atoms with E-state index in [9.17, 15) is 0 Å². The molecule has 0 amide bonds. The van der Waals surface area contributed by atoms with E-state index in [1.54, 1.807) is 0 Å². The highest BCUT2D eigenvalue weighted by molar-refractivity contribution is 6.21. The van der Waals surface area contributed by atoms with Gasteiger partial charge in [0.15, 0.2) is 0 Å². The van der Waals surface area contributed by atoms with Crippen LogP contribution in [0.3, 0.4) is 0 Å². The van der Waals surface area contributed by atoms with Gasteiger partial charge in [-0.3, -0.25) is 0 Å². The van der Waals surface area contributed by atoms with E-state index in [0.717, 1.165) is 72.2 Å². The van der Waals surface area contributed by atoms with Gasteiger partial charge in [-0.1, -0.05) is 176 Å². The van der Waals surface area contributed by atoms with Gasteiger partial charge in [0.05, 0.1) is 16.7 Å². The Bertz CT molecular complexity index is 3810. The molecule has 0 atom stereocenters. The molecule has 0 aliphatic carbocycles. The molecule has 3 heteroatoms. The van der Waals surface area contributed by atoms with Crippen molar-refractivity contribution in [3.05, 3.63) is 237 Å². The molecule has 10 aromatic carbocycles. The molecule has 64 heavy (non-hydrogen) atoms. The molecular formula is C61H42N2O. The lowest BCUT2D eigenvalue weighted by Crippen LogP contribution is -2.15. The van der Waals surface area contributed by atoms with Gasteiger partial charge in [0.1, 0.15) is 11.2 Å². The minimum atomic E-state index is 0.877. The van der Waals surface area contributed by atoms with Crippen LogP contribution in [0.15, 0.2) is 241 Å². The summed E-state index contributed by atoms with van der Waals surface area (Å²) in [5.74, 6) is 0. The molecule has 2 heterocycles. The molecule has 12 rings (SSSR count). The van der Waals surface area contributed by atoms with Gasteiger partial charge in [-0.2, -0.15) is 0 Å². The maximum absolute atomic E-state index is 6.93. The van der Waals surface area contributed by atoms with E-state index >= 15 is 0 Å². The van der Waals surface area contributed by atoms with Crippen LogP contribution in [0.4, 0.5) is 11.4 Å². The average Bonchev–Trinajstić information content (AvgIpc) is 3.91. The Hall–Kier alpha value is -8.40. The van der Waals surface area contributed by atoms with Crippen molar-refractivity contribution < 1.29 is 4.42 Å². The summed E-state index contributed by atoms with van der Waals surface area (Å²) in [7, 11) is 0. The van der Waals surface area contributed by atoms with Gasteiger partial charge in [-0.05, 0) is 99.8 Å². The Kier molecular flexibility index (Phi) is 8.87. The van der Waals surface area contributed by atoms with E-state index in [1.165, 1.54) is 48.9 Å². The molecule has 0 N–H and O–H groups in total. The molecule has 0 aliphatic rings. The van der Waals surface area contributed by atoms with Gasteiger partial charge in [-0.25, -0.2) is 0 Å². The molecule has 0 saturated heterocycles. The van der Waals surface area contributed by atoms with Crippen LogP contribution in [-0.2, 0) is 0 Å². The highest BCUT2D eigenvalue weighted by Gasteiger charge is 2.22. The van der Waals surface area contributed by atoms with E-state index in [1.807, 2.05) is 6.08 Å². The molecule has 0 aliphatic heterocycles. The molecule has 3 nitrogen and oxygen atoms in total. The van der Waals surface area contributed by atoms with Crippen molar-refractivity contribution in [2.24, 2.45) is 0 Å². The highest BCUT2D eigenvalue weighted by atomic mass is 16.3. The molecule has 0 fully saturated rings. The molecule has 302 valence electrons. The van der Waals surface area contributed by atoms with Crippen molar-refractivity contribution >= 4 is 93.1 Å². The first-order chi connectivity index (χ1) is 31.6. The summed E-state index contributed by atoms with van der Waals surface area (Å²) in [6, 6.07) is 74.0. The number of hydrogen-bond acceptors (Lipinski definition) is 2. The quantitative estimate of drug-likeness (QED) is 0.112. The number of benzene rings is 10. The summed E-state index contributed by atoms with van der Waals surface area (Å²) in [6.45, 7) is 6.65. The maximum atomic E-state index is 6.93. The van der Waals surface area contributed by atoms with E-state index in [4.69, 9.17) is 4.42 Å². The highest BCUT2D eigenvalue weighted by Crippen LogP contribution is 2.45. The van der Waals surface area contributed by atoms with Crippen molar-refractivity contribution in [1.82, 2.24) is 4.57 Å². The fraction of sp³-hybridized carbons (Fsp3) is 0.0164. The topological polar surface area (TPSA) is 21.3 Å². The van der Waals surface area contributed by atoms with Crippen LogP contribution >= 0.6 is 0 Å². The third kappa shape index (κ3) is 5.97. The number of aromatic nitrogens is 1. The van der Waals surface area contributed by atoms with Crippen molar-refractivity contribution in [2.45, 2.75) is 6.92 Å². The molecule has 0 unspecified atom stereocenters. The zero-order chi connectivity index (χ0) is 42.7. The predicted molar refractivity (Wildman–Crippen MR) is 273 cm³/mol. The first-order valence-electron chi connectivity index (χ1n) is 21.9. The second-order valence-corrected chi connectivity index (χ2v) is 16.5. The molecule has 0 saturated carbocycles. The molecule has 0 bridgehead atoms. The van der Waals surface area contributed by atoms with Crippen molar-refractivity contribution in [3.63, 3.8) is 0 Å². The van der Waals surface area contributed by atoms with Crippen LogP contribution in [0.5, 0.6) is 0 Å². The monoisotopic (exact) mass is 818 g/mol. The summed E-state index contributed by atoms with van der Waals surface area (Å²) in [5, 5.41) is 11.7. The van der Waals surface area contributed by atoms with Gasteiger partial charge in [0.2, 0.25) is 0 Å². The number of hydrogen-bond donors (Lipinski definition) is 0. The first kappa shape index (κ1) is 37.4. The van der Waals surface area contributed by atoms with Crippen LogP contribution in [-0.4, -0.2) is 4.57 Å². The zero-order valence-electron chi connectivity index (χ0n) is 35.4. The van der Waals surface area contributed by atoms with Gasteiger partial charge in [0.25, 0.3) is 0 Å². The number of para-hydroxylation sites is 3. The summed E-state index contributed by atoms with van der Waals surface area (Å²) < 4.78 is 9.29. The summed E-state index contributed by atoms with van der Waals surface area (Å²) in [6.07, 6.45) is 6.40. The fourth-order valence-corrected chi connectivity index (χ4v) is 9.96. The zero-order valence-corrected chi connectivity index (χ0v) is 35.4. The SMILES string of the molecule is C=C/C(=C\C=C(/C)n1c2ccccc2c2ccccc21)N(c1ccc(-c2cc3ccccc3c3ccccc23)cc1)c1cc2c3cccc(-c4ccccc4)c3oc2c2ccccc12. The van der Waals surface area contributed by atoms with E-state index in [-0.39, 0.29) is 0 Å². The lowest BCUT2D eigenvalue weighted by atomic mass is 9.93. The third-order valence-electron chi connectivity index (χ3n) is 12.9. The van der Waals surface area contributed by atoms with E-state index < -0.39 is 0 Å². The number of fused-ring (bicyclic) bond motifs is 11. The number of allylic oxidation sites excluding steroid dienone is 4. The van der Waals surface area contributed by atoms with Crippen LogP contribution in [0.1, 0.15) is 6.92 Å². The number of nitrogens with zero attached hydrogens (tertiary/aromatic N) is 2. The van der Waals surface area contributed by atoms with E-state index in [0.29, 0.717) is 0 Å². The van der Waals surface area contributed by atoms with Crippen LogP contribution in [0.25, 0.3) is 104 Å². The Balaban J connectivity index is 1.08. The average molecular weight is 819 g/mol. The molecule has 12 aromatic rings. The molecule has 0 radical (unpaired) electrons. The Morgan fingerprint density at radius 3 is 1.73 bits per heavy atom. The maximum Gasteiger partial charge on any atom is 0.143 e. The van der Waals surface area contributed by atoms with Crippen LogP contribution < -0.4 is 4.90 Å². The van der Waals surface area contributed by atoms with Gasteiger partial charge in [0, 0.05) is 55.0 Å². The Morgan fingerprint density at radius 2 is 1.02 bits per heavy atom. The predicted octanol–water partition coefficient (Wildman–Crippen LogP) is 17.3. The summed E-state index contributed by atoms with van der Waals surface area (Å²) in [4.78, 5) is 2.35. The van der Waals surface area contributed by atoms with Gasteiger partial charge < -0.3 is 13.9 Å². The Morgan fingerprint density at radius 1 is 0.453 bits per heavy atom. The van der Waals surface area contributed by atoms with Crippen LogP contribution in [0, 0.1) is 0 Å². The van der Waals surface area contributed by atoms with Gasteiger partial charge >= 0.3 is 0 Å². The van der Waals surface area contributed by atoms with Crippen molar-refractivity contribution in [3.8, 4) is 22.3 Å². The van der Waals surface area contributed by atoms with Crippen molar-refractivity contribution in [1.29, 1.82) is 0 Å². The second kappa shape index (κ2) is 15.2. The molecule has 2 aromatic heterocycles. The lowest BCUT2D eigenvalue weighted by molar-refractivity contribution is 0.674. The summed E-state index contributed by atoms with van der Waals surface area (Å²) in [5.41, 5.74) is 12.8. The first-order valence-corrected chi connectivity index (χ1v) is 21.9. The number of furan rings is 1. The smallest absolute Gasteiger partial charge is 0.143 e. The minimum Gasteiger partial charge on any atom is -0.455 e. The number of rotatable bonds is 8. The lowest BCUT2D eigenvalue weighted by Gasteiger charge is -2.28. The van der Waals surface area contributed by atoms with Gasteiger partial charge in [-0.15, -0.1) is 0 Å². The third-order valence-corrected chi connectivity index (χ3v) is 12.9. The second-order valence-electron chi connectivity index (χ2n) is 16.5. The van der Waals surface area contributed by atoms with Crippen molar-refractivity contribution in [2.75, 3.05) is 4.90 Å². The largest absolute Gasteiger partial charge is 0.455 e. The minimum absolute atomic E-state index is 0.877. The van der Waals surface area contributed by atoms with E-state index in [2.05, 4.69) is 241 Å². The standard InChI is InChI=1S/C61H42N2O/c1-3-44(35-32-40(2)62-57-30-15-13-24-50(57)51-25-14-16-31-58(51)62)63(45-36-33-42(34-37-45)55-38-43-20-7-8-21-46(43)48-22-9-10-23-49(48)55)59-39-56-54-29-17-28-47(41-18-5-4-6-19-41)60(54)64-61(56)53-27-12-11-26-52(53)59/h3-39H,1H2,2H3/b40-32+,44-35+. The number of anilines is 2. The fourth-order valence-electron chi connectivity index (χ4n) is 9.96. The summed E-state index contributed by atoms with van der Waals surface area (Å²) >= 11 is 0. The molecular weight excluding hydrogens is 777 g/mol. The van der Waals surface area contributed by atoms with Crippen LogP contribution in [0.2, 0.25) is 0 Å².